The minimum Gasteiger partial charge on any atom is -0.481 e. The summed E-state index contributed by atoms with van der Waals surface area (Å²) in [6.07, 6.45) is 0. The lowest BCUT2D eigenvalue weighted by molar-refractivity contribution is 0.364. The molecule has 1 heterocycles. The molecular weight excluding hydrogens is 188 g/mol. The first-order valence-electron chi connectivity index (χ1n) is 3.90. The van der Waals surface area contributed by atoms with Crippen LogP contribution >= 0.6 is 11.8 Å². The van der Waals surface area contributed by atoms with E-state index >= 15 is 0 Å². The van der Waals surface area contributed by atoms with Gasteiger partial charge in [0.25, 0.3) is 0 Å². The highest BCUT2D eigenvalue weighted by atomic mass is 32.2. The number of nitrogens with zero attached hydrogens (tertiary/aromatic N) is 2. The van der Waals surface area contributed by atoms with Crippen LogP contribution in [0.25, 0.3) is 0 Å². The van der Waals surface area contributed by atoms with E-state index in [-0.39, 0.29) is 0 Å². The smallest absolute Gasteiger partial charge is 0.220 e. The molecular formula is C8H12N2O2S. The van der Waals surface area contributed by atoms with Gasteiger partial charge in [-0.3, -0.25) is 0 Å². The number of rotatable bonds is 4. The van der Waals surface area contributed by atoms with Gasteiger partial charge in [-0.25, -0.2) is 0 Å². The Morgan fingerprint density at radius 2 is 1.77 bits per heavy atom. The second-order valence-corrected chi connectivity index (χ2v) is 3.40. The van der Waals surface area contributed by atoms with Gasteiger partial charge in [-0.15, -0.1) is 0 Å². The Hall–Kier alpha value is -0.970. The summed E-state index contributed by atoms with van der Waals surface area (Å²) in [5, 5.41) is 0.679. The molecule has 0 aliphatic carbocycles. The van der Waals surface area contributed by atoms with Crippen molar-refractivity contribution in [3.8, 4) is 11.8 Å². The lowest BCUT2D eigenvalue weighted by Crippen LogP contribution is -1.96. The van der Waals surface area contributed by atoms with E-state index in [0.29, 0.717) is 16.9 Å². The van der Waals surface area contributed by atoms with E-state index in [0.717, 1.165) is 5.75 Å². The maximum Gasteiger partial charge on any atom is 0.220 e. The van der Waals surface area contributed by atoms with Gasteiger partial charge < -0.3 is 9.47 Å². The van der Waals surface area contributed by atoms with Crippen molar-refractivity contribution in [3.05, 3.63) is 6.07 Å². The first-order chi connectivity index (χ1) is 6.30. The predicted octanol–water partition coefficient (Wildman–Crippen LogP) is 1.61. The molecule has 0 saturated carbocycles. The number of hydrogen-bond acceptors (Lipinski definition) is 5. The second kappa shape index (κ2) is 4.91. The topological polar surface area (TPSA) is 44.2 Å². The van der Waals surface area contributed by atoms with Crippen molar-refractivity contribution < 1.29 is 9.47 Å². The zero-order valence-electron chi connectivity index (χ0n) is 7.90. The lowest BCUT2D eigenvalue weighted by Gasteiger charge is -2.04. The van der Waals surface area contributed by atoms with Crippen molar-refractivity contribution >= 4 is 11.8 Å². The Labute approximate surface area is 81.7 Å². The molecule has 1 aromatic rings. The van der Waals surface area contributed by atoms with Crippen LogP contribution in [0.15, 0.2) is 11.2 Å². The standard InChI is InChI=1S/C8H12N2O2S/c1-4-13-8-9-6(11-2)5-7(10-8)12-3/h5H,4H2,1-3H3. The highest BCUT2D eigenvalue weighted by Crippen LogP contribution is 2.20. The van der Waals surface area contributed by atoms with Crippen molar-refractivity contribution in [3.63, 3.8) is 0 Å². The van der Waals surface area contributed by atoms with Crippen LogP contribution < -0.4 is 9.47 Å². The zero-order chi connectivity index (χ0) is 9.68. The number of ether oxygens (including phenoxy) is 2. The van der Waals surface area contributed by atoms with Crippen molar-refractivity contribution in [1.82, 2.24) is 9.97 Å². The lowest BCUT2D eigenvalue weighted by atomic mass is 10.6. The molecule has 0 unspecified atom stereocenters. The van der Waals surface area contributed by atoms with E-state index in [9.17, 15) is 0 Å². The number of aromatic nitrogens is 2. The molecule has 0 radical (unpaired) electrons. The summed E-state index contributed by atoms with van der Waals surface area (Å²) in [6, 6.07) is 1.65. The van der Waals surface area contributed by atoms with Gasteiger partial charge in [0.2, 0.25) is 11.8 Å². The van der Waals surface area contributed by atoms with Gasteiger partial charge in [0.15, 0.2) is 5.16 Å². The van der Waals surface area contributed by atoms with Crippen LogP contribution in [0.4, 0.5) is 0 Å². The summed E-state index contributed by atoms with van der Waals surface area (Å²) in [7, 11) is 3.14. The summed E-state index contributed by atoms with van der Waals surface area (Å²) in [6.45, 7) is 2.04. The van der Waals surface area contributed by atoms with Gasteiger partial charge in [-0.05, 0) is 5.75 Å². The Kier molecular flexibility index (Phi) is 3.82. The first kappa shape index (κ1) is 10.1. The third-order valence-corrected chi connectivity index (χ3v) is 2.08. The van der Waals surface area contributed by atoms with E-state index in [1.54, 1.807) is 32.0 Å². The molecule has 72 valence electrons. The molecule has 0 fully saturated rings. The van der Waals surface area contributed by atoms with Crippen LogP contribution in [0, 0.1) is 0 Å². The van der Waals surface area contributed by atoms with Gasteiger partial charge in [-0.1, -0.05) is 18.7 Å². The summed E-state index contributed by atoms with van der Waals surface area (Å²) in [5.74, 6) is 1.99. The van der Waals surface area contributed by atoms with Gasteiger partial charge in [0, 0.05) is 0 Å². The average Bonchev–Trinajstić information content (AvgIpc) is 2.17. The van der Waals surface area contributed by atoms with Gasteiger partial charge >= 0.3 is 0 Å². The Morgan fingerprint density at radius 3 is 2.15 bits per heavy atom. The van der Waals surface area contributed by atoms with E-state index in [2.05, 4.69) is 9.97 Å². The van der Waals surface area contributed by atoms with Crippen LogP contribution in [0.3, 0.4) is 0 Å². The molecule has 1 rings (SSSR count). The summed E-state index contributed by atoms with van der Waals surface area (Å²) in [5.41, 5.74) is 0. The van der Waals surface area contributed by atoms with E-state index in [4.69, 9.17) is 9.47 Å². The number of hydrogen-bond donors (Lipinski definition) is 0. The molecule has 0 N–H and O–H groups in total. The summed E-state index contributed by atoms with van der Waals surface area (Å²) < 4.78 is 10.00. The monoisotopic (exact) mass is 200 g/mol. The molecule has 13 heavy (non-hydrogen) atoms. The molecule has 0 spiro atoms. The molecule has 0 saturated heterocycles. The Balaban J connectivity index is 2.93. The molecule has 0 aromatic carbocycles. The molecule has 0 aliphatic heterocycles. The van der Waals surface area contributed by atoms with E-state index in [1.165, 1.54) is 0 Å². The van der Waals surface area contributed by atoms with E-state index < -0.39 is 0 Å². The highest BCUT2D eigenvalue weighted by molar-refractivity contribution is 7.99. The van der Waals surface area contributed by atoms with Crippen molar-refractivity contribution in [2.75, 3.05) is 20.0 Å². The van der Waals surface area contributed by atoms with E-state index in [1.807, 2.05) is 6.92 Å². The van der Waals surface area contributed by atoms with Crippen LogP contribution in [0.1, 0.15) is 6.92 Å². The minimum atomic E-state index is 0.530. The fourth-order valence-electron chi connectivity index (χ4n) is 0.786. The highest BCUT2D eigenvalue weighted by Gasteiger charge is 2.04. The molecule has 0 amide bonds. The van der Waals surface area contributed by atoms with Crippen molar-refractivity contribution in [2.24, 2.45) is 0 Å². The fourth-order valence-corrected chi connectivity index (χ4v) is 1.35. The third kappa shape index (κ3) is 2.77. The van der Waals surface area contributed by atoms with Crippen LogP contribution in [-0.4, -0.2) is 29.9 Å². The quantitative estimate of drug-likeness (QED) is 0.545. The average molecular weight is 200 g/mol. The normalized spacial score (nSPS) is 9.77. The molecule has 5 heteroatoms. The first-order valence-corrected chi connectivity index (χ1v) is 4.88. The molecule has 4 nitrogen and oxygen atoms in total. The van der Waals surface area contributed by atoms with Crippen molar-refractivity contribution in [1.29, 1.82) is 0 Å². The molecule has 0 aliphatic rings. The molecule has 0 atom stereocenters. The summed E-state index contributed by atoms with van der Waals surface area (Å²) in [4.78, 5) is 8.28. The zero-order valence-corrected chi connectivity index (χ0v) is 8.72. The Bertz CT molecular complexity index is 259. The maximum absolute atomic E-state index is 5.00. The predicted molar refractivity (Wildman–Crippen MR) is 51.5 cm³/mol. The molecule has 0 bridgehead atoms. The second-order valence-electron chi connectivity index (χ2n) is 2.17. The number of thioether (sulfide) groups is 1. The maximum atomic E-state index is 5.00. The molecule has 1 aromatic heterocycles. The largest absolute Gasteiger partial charge is 0.481 e. The SMILES string of the molecule is CCSc1nc(OC)cc(OC)n1. The van der Waals surface area contributed by atoms with Crippen molar-refractivity contribution in [2.45, 2.75) is 12.1 Å². The van der Waals surface area contributed by atoms with Gasteiger partial charge in [0.1, 0.15) is 0 Å². The van der Waals surface area contributed by atoms with Crippen LogP contribution in [-0.2, 0) is 0 Å². The third-order valence-electron chi connectivity index (χ3n) is 1.35. The fraction of sp³-hybridized carbons (Fsp3) is 0.500. The summed E-state index contributed by atoms with van der Waals surface area (Å²) >= 11 is 1.55. The van der Waals surface area contributed by atoms with Gasteiger partial charge in [0.05, 0.1) is 20.3 Å². The van der Waals surface area contributed by atoms with Crippen LogP contribution in [0.2, 0.25) is 0 Å². The van der Waals surface area contributed by atoms with Gasteiger partial charge in [-0.2, -0.15) is 9.97 Å². The van der Waals surface area contributed by atoms with Crippen LogP contribution in [0.5, 0.6) is 11.8 Å². The minimum absolute atomic E-state index is 0.530. The Morgan fingerprint density at radius 1 is 1.23 bits per heavy atom. The number of methoxy groups -OCH3 is 2.